The molecular formula is C9H13BrN2O3S. The summed E-state index contributed by atoms with van der Waals surface area (Å²) in [6, 6.07) is 1.66. The zero-order valence-electron chi connectivity index (χ0n) is 8.79. The maximum atomic E-state index is 11.5. The second-order valence-corrected chi connectivity index (χ2v) is 6.65. The molecule has 0 aromatic carbocycles. The van der Waals surface area contributed by atoms with Crippen LogP contribution in [0.1, 0.15) is 16.9 Å². The predicted molar refractivity (Wildman–Crippen MR) is 65.2 cm³/mol. The van der Waals surface area contributed by atoms with Crippen molar-refractivity contribution in [1.82, 2.24) is 10.3 Å². The number of H-pyrrole nitrogens is 1. The summed E-state index contributed by atoms with van der Waals surface area (Å²) in [5.74, 6) is -0.152. The van der Waals surface area contributed by atoms with Crippen LogP contribution in [0.3, 0.4) is 0 Å². The molecular weight excluding hydrogens is 296 g/mol. The van der Waals surface area contributed by atoms with Crippen LogP contribution in [0.4, 0.5) is 0 Å². The van der Waals surface area contributed by atoms with Crippen LogP contribution in [0.15, 0.2) is 16.7 Å². The van der Waals surface area contributed by atoms with Crippen molar-refractivity contribution in [3.63, 3.8) is 0 Å². The Morgan fingerprint density at radius 2 is 2.25 bits per heavy atom. The van der Waals surface area contributed by atoms with Gasteiger partial charge in [-0.1, -0.05) is 0 Å². The molecule has 0 spiro atoms. The van der Waals surface area contributed by atoms with Gasteiger partial charge < -0.3 is 10.3 Å². The van der Waals surface area contributed by atoms with E-state index in [4.69, 9.17) is 0 Å². The minimum absolute atomic E-state index is 0.0850. The van der Waals surface area contributed by atoms with Gasteiger partial charge in [0.25, 0.3) is 5.91 Å². The maximum Gasteiger partial charge on any atom is 0.267 e. The van der Waals surface area contributed by atoms with Gasteiger partial charge >= 0.3 is 0 Å². The first-order valence-corrected chi connectivity index (χ1v) is 7.54. The number of aromatic nitrogens is 1. The highest BCUT2D eigenvalue weighted by molar-refractivity contribution is 9.10. The third-order valence-corrected chi connectivity index (χ3v) is 3.36. The van der Waals surface area contributed by atoms with Crippen molar-refractivity contribution in [2.45, 2.75) is 6.42 Å². The van der Waals surface area contributed by atoms with E-state index in [1.54, 1.807) is 12.3 Å². The molecule has 1 aromatic rings. The number of hydrogen-bond acceptors (Lipinski definition) is 3. The van der Waals surface area contributed by atoms with Crippen LogP contribution >= 0.6 is 15.9 Å². The minimum Gasteiger partial charge on any atom is -0.356 e. The van der Waals surface area contributed by atoms with E-state index in [-0.39, 0.29) is 11.7 Å². The van der Waals surface area contributed by atoms with Gasteiger partial charge in [-0.2, -0.15) is 0 Å². The Balaban J connectivity index is 2.31. The molecule has 0 aliphatic rings. The molecule has 0 aliphatic heterocycles. The zero-order valence-corrected chi connectivity index (χ0v) is 11.2. The van der Waals surface area contributed by atoms with Gasteiger partial charge in [0.05, 0.1) is 5.75 Å². The smallest absolute Gasteiger partial charge is 0.267 e. The Morgan fingerprint density at radius 3 is 2.75 bits per heavy atom. The molecule has 1 aromatic heterocycles. The van der Waals surface area contributed by atoms with Crippen LogP contribution in [0.25, 0.3) is 0 Å². The first-order valence-electron chi connectivity index (χ1n) is 4.68. The molecule has 5 nitrogen and oxygen atoms in total. The van der Waals surface area contributed by atoms with Crippen molar-refractivity contribution in [1.29, 1.82) is 0 Å². The highest BCUT2D eigenvalue weighted by Crippen LogP contribution is 2.10. The molecule has 0 saturated carbocycles. The summed E-state index contributed by atoms with van der Waals surface area (Å²) in [4.78, 5) is 14.3. The number of sulfone groups is 1. The van der Waals surface area contributed by atoms with Crippen molar-refractivity contribution in [2.75, 3.05) is 18.6 Å². The van der Waals surface area contributed by atoms with Gasteiger partial charge in [0.15, 0.2) is 0 Å². The zero-order chi connectivity index (χ0) is 12.2. The third-order valence-electron chi connectivity index (χ3n) is 1.87. The number of hydrogen-bond donors (Lipinski definition) is 2. The molecule has 0 atom stereocenters. The summed E-state index contributed by atoms with van der Waals surface area (Å²) >= 11 is 3.22. The van der Waals surface area contributed by atoms with E-state index in [9.17, 15) is 13.2 Å². The lowest BCUT2D eigenvalue weighted by atomic mass is 10.4. The van der Waals surface area contributed by atoms with Gasteiger partial charge in [-0.25, -0.2) is 8.42 Å². The fourth-order valence-electron chi connectivity index (χ4n) is 1.13. The van der Waals surface area contributed by atoms with Crippen LogP contribution in [0.2, 0.25) is 0 Å². The fourth-order valence-corrected chi connectivity index (χ4v) is 2.14. The lowest BCUT2D eigenvalue weighted by Gasteiger charge is -2.02. The van der Waals surface area contributed by atoms with E-state index >= 15 is 0 Å². The summed E-state index contributed by atoms with van der Waals surface area (Å²) in [5.41, 5.74) is 0.450. The Morgan fingerprint density at radius 1 is 1.56 bits per heavy atom. The van der Waals surface area contributed by atoms with Crippen LogP contribution in [-0.2, 0) is 9.84 Å². The van der Waals surface area contributed by atoms with Gasteiger partial charge in [-0.15, -0.1) is 0 Å². The number of rotatable bonds is 5. The highest BCUT2D eigenvalue weighted by atomic mass is 79.9. The van der Waals surface area contributed by atoms with Crippen LogP contribution in [-0.4, -0.2) is 37.9 Å². The molecule has 0 bridgehead atoms. The Kier molecular flexibility index (Phi) is 4.55. The first-order chi connectivity index (χ1) is 7.38. The monoisotopic (exact) mass is 308 g/mol. The van der Waals surface area contributed by atoms with E-state index in [1.807, 2.05) is 0 Å². The van der Waals surface area contributed by atoms with E-state index in [0.717, 1.165) is 4.47 Å². The maximum absolute atomic E-state index is 11.5. The van der Waals surface area contributed by atoms with Crippen molar-refractivity contribution >= 4 is 31.7 Å². The molecule has 2 N–H and O–H groups in total. The standard InChI is InChI=1S/C9H13BrN2O3S/c1-16(14,15)4-2-3-11-9(13)8-5-7(10)6-12-8/h5-6,12H,2-4H2,1H3,(H,11,13). The lowest BCUT2D eigenvalue weighted by Crippen LogP contribution is -2.26. The number of carbonyl (C=O) groups excluding carboxylic acids is 1. The van der Waals surface area contributed by atoms with Gasteiger partial charge in [-0.05, 0) is 28.4 Å². The average Bonchev–Trinajstić information content (AvgIpc) is 2.57. The van der Waals surface area contributed by atoms with E-state index < -0.39 is 9.84 Å². The number of amides is 1. The van der Waals surface area contributed by atoms with Crippen molar-refractivity contribution in [3.8, 4) is 0 Å². The van der Waals surface area contributed by atoms with E-state index in [1.165, 1.54) is 6.26 Å². The fraction of sp³-hybridized carbons (Fsp3) is 0.444. The van der Waals surface area contributed by atoms with Crippen LogP contribution in [0.5, 0.6) is 0 Å². The average molecular weight is 309 g/mol. The largest absolute Gasteiger partial charge is 0.356 e. The van der Waals surface area contributed by atoms with Crippen molar-refractivity contribution in [3.05, 3.63) is 22.4 Å². The van der Waals surface area contributed by atoms with E-state index in [0.29, 0.717) is 18.7 Å². The number of aromatic amines is 1. The van der Waals surface area contributed by atoms with Crippen molar-refractivity contribution < 1.29 is 13.2 Å². The van der Waals surface area contributed by atoms with Crippen LogP contribution < -0.4 is 5.32 Å². The molecule has 7 heteroatoms. The molecule has 0 saturated heterocycles. The molecule has 0 unspecified atom stereocenters. The SMILES string of the molecule is CS(=O)(=O)CCCNC(=O)c1cc(Br)c[nH]1. The van der Waals surface area contributed by atoms with Gasteiger partial charge in [-0.3, -0.25) is 4.79 Å². The number of halogens is 1. The summed E-state index contributed by atoms with van der Waals surface area (Å²) < 4.78 is 22.4. The number of nitrogens with one attached hydrogen (secondary N) is 2. The van der Waals surface area contributed by atoms with Gasteiger partial charge in [0, 0.05) is 23.5 Å². The van der Waals surface area contributed by atoms with Gasteiger partial charge in [0.2, 0.25) is 0 Å². The summed E-state index contributed by atoms with van der Waals surface area (Å²) in [6.07, 6.45) is 3.26. The van der Waals surface area contributed by atoms with E-state index in [2.05, 4.69) is 26.2 Å². The second kappa shape index (κ2) is 5.49. The summed E-state index contributed by atoms with van der Waals surface area (Å²) in [6.45, 7) is 0.350. The molecule has 1 rings (SSSR count). The predicted octanol–water partition coefficient (Wildman–Crippen LogP) is 0.942. The summed E-state index contributed by atoms with van der Waals surface area (Å²) in [5, 5.41) is 2.63. The Bertz CT molecular complexity index is 467. The molecule has 0 aliphatic carbocycles. The normalized spacial score (nSPS) is 11.4. The second-order valence-electron chi connectivity index (χ2n) is 3.47. The Labute approximate surface area is 103 Å². The molecule has 16 heavy (non-hydrogen) atoms. The molecule has 0 radical (unpaired) electrons. The number of carbonyl (C=O) groups is 1. The lowest BCUT2D eigenvalue weighted by molar-refractivity contribution is 0.0949. The van der Waals surface area contributed by atoms with Crippen LogP contribution in [0, 0.1) is 0 Å². The highest BCUT2D eigenvalue weighted by Gasteiger charge is 2.07. The molecule has 90 valence electrons. The minimum atomic E-state index is -2.95. The van der Waals surface area contributed by atoms with Gasteiger partial charge in [0.1, 0.15) is 15.5 Å². The first kappa shape index (κ1) is 13.2. The molecule has 1 amide bonds. The van der Waals surface area contributed by atoms with Crippen molar-refractivity contribution in [2.24, 2.45) is 0 Å². The Hall–Kier alpha value is -0.820. The quantitative estimate of drug-likeness (QED) is 0.795. The molecule has 1 heterocycles. The molecule has 0 fully saturated rings. The summed E-state index contributed by atoms with van der Waals surface area (Å²) in [7, 11) is -2.95. The third kappa shape index (κ3) is 4.80. The topological polar surface area (TPSA) is 79.0 Å².